The minimum Gasteiger partial charge on any atom is -0.457 e. The Morgan fingerprint density at radius 3 is 1.84 bits per heavy atom. The molecule has 0 saturated carbocycles. The minimum atomic E-state index is -0.491. The van der Waals surface area contributed by atoms with Crippen LogP contribution in [0, 0.1) is 0 Å². The van der Waals surface area contributed by atoms with Gasteiger partial charge in [-0.3, -0.25) is 0 Å². The summed E-state index contributed by atoms with van der Waals surface area (Å²) in [6.07, 6.45) is 0. The number of hydrogen-bond acceptors (Lipinski definition) is 4. The molecule has 0 atom stereocenters. The number of thiophene rings is 1. The van der Waals surface area contributed by atoms with Crippen LogP contribution in [0.3, 0.4) is 0 Å². The fourth-order valence-corrected chi connectivity index (χ4v) is 9.51. The van der Waals surface area contributed by atoms with Crippen molar-refractivity contribution in [1.29, 1.82) is 0 Å². The van der Waals surface area contributed by atoms with Crippen molar-refractivity contribution in [1.82, 2.24) is 9.97 Å². The van der Waals surface area contributed by atoms with Crippen molar-refractivity contribution in [3.63, 3.8) is 0 Å². The first kappa shape index (κ1) is 28.5. The molecule has 0 amide bonds. The van der Waals surface area contributed by atoms with Gasteiger partial charge in [-0.1, -0.05) is 146 Å². The highest BCUT2D eigenvalue weighted by Gasteiger charge is 2.51. The lowest BCUT2D eigenvalue weighted by Crippen LogP contribution is -2.32. The number of aromatic nitrogens is 2. The Morgan fingerprint density at radius 1 is 0.451 bits per heavy atom. The number of para-hydroxylation sites is 2. The van der Waals surface area contributed by atoms with Crippen molar-refractivity contribution < 1.29 is 4.74 Å². The van der Waals surface area contributed by atoms with Crippen LogP contribution < -0.4 is 4.74 Å². The van der Waals surface area contributed by atoms with E-state index in [-0.39, 0.29) is 0 Å². The van der Waals surface area contributed by atoms with Gasteiger partial charge >= 0.3 is 0 Å². The highest BCUT2D eigenvalue weighted by atomic mass is 32.1. The van der Waals surface area contributed by atoms with E-state index in [1.807, 2.05) is 18.2 Å². The normalized spacial score (nSPS) is 13.4. The molecule has 0 radical (unpaired) electrons. The number of fused-ring (bicyclic) bond motifs is 12. The molecule has 1 aliphatic carbocycles. The zero-order valence-corrected chi connectivity index (χ0v) is 28.2. The number of ether oxygens (including phenoxy) is 1. The molecule has 0 unspecified atom stereocenters. The van der Waals surface area contributed by atoms with Crippen LogP contribution in [-0.2, 0) is 5.41 Å². The fourth-order valence-electron chi connectivity index (χ4n) is 8.36. The molecule has 4 heteroatoms. The molecule has 238 valence electrons. The average Bonchev–Trinajstić information content (AvgIpc) is 3.72. The number of rotatable bonds is 3. The molecule has 0 N–H and O–H groups in total. The zero-order chi connectivity index (χ0) is 33.5. The second kappa shape index (κ2) is 10.8. The zero-order valence-electron chi connectivity index (χ0n) is 27.4. The van der Waals surface area contributed by atoms with Crippen LogP contribution in [0.2, 0.25) is 0 Å². The Labute approximate surface area is 299 Å². The molecule has 3 heterocycles. The first-order chi connectivity index (χ1) is 25.3. The quantitative estimate of drug-likeness (QED) is 0.188. The van der Waals surface area contributed by atoms with E-state index in [9.17, 15) is 0 Å². The topological polar surface area (TPSA) is 35.0 Å². The highest BCUT2D eigenvalue weighted by molar-refractivity contribution is 7.26. The van der Waals surface area contributed by atoms with Crippen molar-refractivity contribution in [3.8, 4) is 56.4 Å². The van der Waals surface area contributed by atoms with Crippen LogP contribution in [0.25, 0.3) is 65.2 Å². The summed E-state index contributed by atoms with van der Waals surface area (Å²) in [5.74, 6) is 2.55. The molecule has 7 aromatic carbocycles. The summed E-state index contributed by atoms with van der Waals surface area (Å²) in [5.41, 5.74) is 13.4. The Morgan fingerprint density at radius 2 is 1.06 bits per heavy atom. The second-order valence-corrected chi connectivity index (χ2v) is 14.3. The lowest BCUT2D eigenvalue weighted by molar-refractivity contribution is 0.436. The molecule has 3 nitrogen and oxygen atoms in total. The van der Waals surface area contributed by atoms with Gasteiger partial charge in [-0.05, 0) is 57.6 Å². The monoisotopic (exact) mass is 668 g/mol. The van der Waals surface area contributed by atoms with E-state index in [1.54, 1.807) is 11.3 Å². The molecule has 1 aliphatic heterocycles. The largest absolute Gasteiger partial charge is 0.457 e. The van der Waals surface area contributed by atoms with Gasteiger partial charge in [0.2, 0.25) is 0 Å². The van der Waals surface area contributed by atoms with Gasteiger partial charge in [-0.25, -0.2) is 9.97 Å². The maximum Gasteiger partial charge on any atom is 0.160 e. The van der Waals surface area contributed by atoms with Crippen LogP contribution in [0.5, 0.6) is 11.5 Å². The molecule has 0 bridgehead atoms. The van der Waals surface area contributed by atoms with E-state index >= 15 is 0 Å². The third-order valence-electron chi connectivity index (χ3n) is 10.6. The molecule has 2 aliphatic rings. The van der Waals surface area contributed by atoms with Crippen molar-refractivity contribution >= 4 is 31.6 Å². The van der Waals surface area contributed by atoms with Gasteiger partial charge in [-0.15, -0.1) is 11.3 Å². The minimum absolute atomic E-state index is 0.491. The first-order valence-electron chi connectivity index (χ1n) is 17.2. The van der Waals surface area contributed by atoms with Crippen LogP contribution in [-0.4, -0.2) is 9.97 Å². The molecule has 0 fully saturated rings. The van der Waals surface area contributed by atoms with Crippen LogP contribution in [0.15, 0.2) is 170 Å². The van der Waals surface area contributed by atoms with Gasteiger partial charge in [0.1, 0.15) is 11.5 Å². The Hall–Kier alpha value is -6.36. The van der Waals surface area contributed by atoms with E-state index in [2.05, 4.69) is 152 Å². The molecule has 51 heavy (non-hydrogen) atoms. The predicted octanol–water partition coefficient (Wildman–Crippen LogP) is 12.3. The molecule has 1 spiro atoms. The van der Waals surface area contributed by atoms with E-state index in [1.165, 1.54) is 49.0 Å². The third kappa shape index (κ3) is 4.05. The number of nitrogens with zero attached hydrogens (tertiary/aromatic N) is 2. The summed E-state index contributed by atoms with van der Waals surface area (Å²) in [4.78, 5) is 10.3. The van der Waals surface area contributed by atoms with Crippen LogP contribution in [0.4, 0.5) is 0 Å². The summed E-state index contributed by atoms with van der Waals surface area (Å²) >= 11 is 1.76. The van der Waals surface area contributed by atoms with Gasteiger partial charge in [0, 0.05) is 32.3 Å². The predicted molar refractivity (Wildman–Crippen MR) is 209 cm³/mol. The third-order valence-corrected chi connectivity index (χ3v) is 11.8. The summed E-state index contributed by atoms with van der Waals surface area (Å²) in [7, 11) is 0. The standard InChI is InChI=1S/C47H28N2OS/c1-2-12-31(13-3-1)46-48-43(45-44(49-46)35-15-5-11-21-42(35)51-45)30-24-22-29(23-25-30)32-26-27-34-33-14-4-6-16-36(33)47(39(34)28-32)37-17-7-9-19-40(37)50-41-20-10-8-18-38(41)47/h1-28H. The van der Waals surface area contributed by atoms with E-state index in [0.29, 0.717) is 0 Å². The Balaban J connectivity index is 1.08. The lowest BCUT2D eigenvalue weighted by Gasteiger charge is -2.39. The van der Waals surface area contributed by atoms with Gasteiger partial charge in [-0.2, -0.15) is 0 Å². The smallest absolute Gasteiger partial charge is 0.160 e. The van der Waals surface area contributed by atoms with Gasteiger partial charge < -0.3 is 4.74 Å². The molecular formula is C47H28N2OS. The summed E-state index contributed by atoms with van der Waals surface area (Å²) in [5, 5.41) is 1.17. The number of benzene rings is 7. The summed E-state index contributed by atoms with van der Waals surface area (Å²) in [6, 6.07) is 60.6. The Kier molecular flexibility index (Phi) is 6.04. The van der Waals surface area contributed by atoms with Gasteiger partial charge in [0.25, 0.3) is 0 Å². The maximum atomic E-state index is 6.54. The lowest BCUT2D eigenvalue weighted by atomic mass is 9.66. The van der Waals surface area contributed by atoms with Gasteiger partial charge in [0.15, 0.2) is 5.82 Å². The molecule has 2 aromatic heterocycles. The molecule has 9 aromatic rings. The van der Waals surface area contributed by atoms with Crippen LogP contribution in [0.1, 0.15) is 22.3 Å². The van der Waals surface area contributed by atoms with Crippen molar-refractivity contribution in [2.75, 3.05) is 0 Å². The van der Waals surface area contributed by atoms with Crippen molar-refractivity contribution in [3.05, 3.63) is 192 Å². The average molecular weight is 669 g/mol. The van der Waals surface area contributed by atoms with Crippen molar-refractivity contribution in [2.45, 2.75) is 5.41 Å². The first-order valence-corrected chi connectivity index (χ1v) is 18.1. The molecule has 11 rings (SSSR count). The Bertz CT molecular complexity index is 2790. The van der Waals surface area contributed by atoms with Crippen LogP contribution >= 0.6 is 11.3 Å². The maximum absolute atomic E-state index is 6.54. The SMILES string of the molecule is c1ccc(-c2nc(-c3ccc(-c4ccc5c(c4)C4(c6ccccc6Oc6ccccc64)c4ccccc4-5)cc3)c3sc4ccccc4c3n2)cc1. The highest BCUT2D eigenvalue weighted by Crippen LogP contribution is 2.62. The summed E-state index contributed by atoms with van der Waals surface area (Å²) < 4.78 is 8.87. The van der Waals surface area contributed by atoms with E-state index < -0.39 is 5.41 Å². The van der Waals surface area contributed by atoms with Gasteiger partial charge in [0.05, 0.1) is 21.3 Å². The van der Waals surface area contributed by atoms with E-state index in [0.717, 1.165) is 49.9 Å². The fraction of sp³-hybridized carbons (Fsp3) is 0.0213. The molecule has 0 saturated heterocycles. The van der Waals surface area contributed by atoms with Crippen molar-refractivity contribution in [2.24, 2.45) is 0 Å². The van der Waals surface area contributed by atoms with E-state index in [4.69, 9.17) is 14.7 Å². The second-order valence-electron chi connectivity index (χ2n) is 13.3. The number of hydrogen-bond donors (Lipinski definition) is 0. The summed E-state index contributed by atoms with van der Waals surface area (Å²) in [6.45, 7) is 0. The molecular weight excluding hydrogens is 641 g/mol.